The summed E-state index contributed by atoms with van der Waals surface area (Å²) >= 11 is 3.29. The molecule has 118 valence electrons. The van der Waals surface area contributed by atoms with Crippen LogP contribution in [0.25, 0.3) is 0 Å². The largest absolute Gasteiger partial charge is 0.478 e. The van der Waals surface area contributed by atoms with Gasteiger partial charge in [0.25, 0.3) is 5.91 Å². The van der Waals surface area contributed by atoms with E-state index in [0.717, 1.165) is 25.9 Å². The lowest BCUT2D eigenvalue weighted by molar-refractivity contribution is 0.0697. The highest BCUT2D eigenvalue weighted by Gasteiger charge is 2.35. The summed E-state index contributed by atoms with van der Waals surface area (Å²) in [5.41, 5.74) is 0.551. The maximum absolute atomic E-state index is 12.8. The van der Waals surface area contributed by atoms with E-state index < -0.39 is 5.97 Å². The molecule has 1 heterocycles. The summed E-state index contributed by atoms with van der Waals surface area (Å²) in [5.74, 6) is -0.730. The number of carbonyl (C=O) groups excluding carboxylic acids is 1. The third kappa shape index (κ3) is 3.50. The Hall–Kier alpha value is -1.40. The minimum Gasteiger partial charge on any atom is -0.478 e. The van der Waals surface area contributed by atoms with Crippen molar-refractivity contribution in [3.63, 3.8) is 0 Å². The first-order chi connectivity index (χ1) is 10.5. The summed E-state index contributed by atoms with van der Waals surface area (Å²) in [4.78, 5) is 25.9. The van der Waals surface area contributed by atoms with Crippen molar-refractivity contribution in [3.8, 4) is 0 Å². The number of halogens is 1. The number of benzene rings is 1. The molecule has 0 spiro atoms. The fourth-order valence-electron chi connectivity index (χ4n) is 2.79. The van der Waals surface area contributed by atoms with Gasteiger partial charge in [0.2, 0.25) is 0 Å². The van der Waals surface area contributed by atoms with Crippen LogP contribution in [0.15, 0.2) is 22.7 Å². The van der Waals surface area contributed by atoms with Gasteiger partial charge in [0.15, 0.2) is 0 Å². The monoisotopic (exact) mass is 367 g/mol. The molecule has 1 unspecified atom stereocenters. The molecule has 1 atom stereocenters. The molecule has 5 nitrogen and oxygen atoms in total. The lowest BCUT2D eigenvalue weighted by Gasteiger charge is -2.25. The van der Waals surface area contributed by atoms with Crippen LogP contribution in [0.3, 0.4) is 0 Å². The minimum atomic E-state index is -1.03. The van der Waals surface area contributed by atoms with Crippen molar-refractivity contribution in [2.75, 3.05) is 19.8 Å². The molecule has 1 saturated heterocycles. The molecule has 1 aromatic rings. The molecule has 1 aliphatic heterocycles. The first-order valence-corrected chi connectivity index (χ1v) is 8.26. The maximum Gasteiger partial charge on any atom is 0.335 e. The van der Waals surface area contributed by atoms with Crippen molar-refractivity contribution < 1.29 is 19.4 Å². The van der Waals surface area contributed by atoms with Gasteiger partial charge in [-0.15, -0.1) is 0 Å². The second-order valence-electron chi connectivity index (χ2n) is 5.95. The summed E-state index contributed by atoms with van der Waals surface area (Å²) < 4.78 is 6.00. The average Bonchev–Trinajstić information content (AvgIpc) is 3.20. The van der Waals surface area contributed by atoms with Gasteiger partial charge in [-0.2, -0.15) is 0 Å². The Bertz CT molecular complexity index is 594. The van der Waals surface area contributed by atoms with E-state index >= 15 is 0 Å². The van der Waals surface area contributed by atoms with Crippen LogP contribution in [0, 0.1) is 5.92 Å². The zero-order chi connectivity index (χ0) is 15.7. The minimum absolute atomic E-state index is 0.0850. The smallest absolute Gasteiger partial charge is 0.335 e. The van der Waals surface area contributed by atoms with Crippen molar-refractivity contribution in [1.82, 2.24) is 4.90 Å². The van der Waals surface area contributed by atoms with E-state index in [1.807, 2.05) is 4.90 Å². The van der Waals surface area contributed by atoms with Gasteiger partial charge >= 0.3 is 5.97 Å². The Morgan fingerprint density at radius 2 is 1.95 bits per heavy atom. The number of rotatable bonds is 5. The molecule has 1 saturated carbocycles. The highest BCUT2D eigenvalue weighted by Crippen LogP contribution is 2.31. The number of carboxylic acid groups (broad SMARTS) is 1. The molecule has 2 fully saturated rings. The van der Waals surface area contributed by atoms with Gasteiger partial charge < -0.3 is 14.7 Å². The number of nitrogens with zero attached hydrogens (tertiary/aromatic N) is 1. The highest BCUT2D eigenvalue weighted by molar-refractivity contribution is 9.10. The first-order valence-electron chi connectivity index (χ1n) is 7.47. The molecular formula is C16H18BrNO4. The van der Waals surface area contributed by atoms with E-state index in [9.17, 15) is 9.59 Å². The van der Waals surface area contributed by atoms with Crippen molar-refractivity contribution in [1.29, 1.82) is 0 Å². The zero-order valence-corrected chi connectivity index (χ0v) is 13.7. The third-order valence-electron chi connectivity index (χ3n) is 4.12. The molecule has 0 aromatic heterocycles. The molecule has 1 aliphatic carbocycles. The zero-order valence-electron chi connectivity index (χ0n) is 12.1. The van der Waals surface area contributed by atoms with Gasteiger partial charge in [-0.25, -0.2) is 4.79 Å². The molecule has 22 heavy (non-hydrogen) atoms. The van der Waals surface area contributed by atoms with Crippen LogP contribution in [0.4, 0.5) is 0 Å². The summed E-state index contributed by atoms with van der Waals surface area (Å²) in [6.45, 7) is 2.16. The Morgan fingerprint density at radius 3 is 2.55 bits per heavy atom. The fourth-order valence-corrected chi connectivity index (χ4v) is 3.29. The number of hydrogen-bond acceptors (Lipinski definition) is 3. The number of hydrogen-bond donors (Lipinski definition) is 1. The number of ether oxygens (including phenoxy) is 1. The lowest BCUT2D eigenvalue weighted by Crippen LogP contribution is -2.37. The Morgan fingerprint density at radius 1 is 1.23 bits per heavy atom. The number of aromatic carboxylic acids is 1. The second kappa shape index (κ2) is 6.38. The van der Waals surface area contributed by atoms with Crippen LogP contribution >= 0.6 is 15.9 Å². The van der Waals surface area contributed by atoms with Crippen LogP contribution in [-0.4, -0.2) is 47.7 Å². The second-order valence-corrected chi connectivity index (χ2v) is 6.87. The van der Waals surface area contributed by atoms with Gasteiger partial charge in [0.1, 0.15) is 0 Å². The Balaban J connectivity index is 1.81. The van der Waals surface area contributed by atoms with E-state index in [4.69, 9.17) is 9.84 Å². The molecule has 0 radical (unpaired) electrons. The number of carboxylic acids is 1. The van der Waals surface area contributed by atoms with Gasteiger partial charge in [-0.3, -0.25) is 4.79 Å². The van der Waals surface area contributed by atoms with E-state index in [-0.39, 0.29) is 11.5 Å². The number of carbonyl (C=O) groups is 2. The van der Waals surface area contributed by atoms with Crippen molar-refractivity contribution >= 4 is 27.8 Å². The summed E-state index contributed by atoms with van der Waals surface area (Å²) in [6.07, 6.45) is 3.04. The van der Waals surface area contributed by atoms with E-state index in [2.05, 4.69) is 15.9 Å². The van der Waals surface area contributed by atoms with Crippen LogP contribution in [0.2, 0.25) is 0 Å². The predicted molar refractivity (Wildman–Crippen MR) is 84.1 cm³/mol. The standard InChI is InChI=1S/C16H18BrNO4/c17-13-6-11(5-12(7-13)16(20)21)15(19)18(14-1-2-14)8-10-3-4-22-9-10/h5-7,10,14H,1-4,8-9H2,(H,20,21). The highest BCUT2D eigenvalue weighted by atomic mass is 79.9. The van der Waals surface area contributed by atoms with Gasteiger partial charge in [-0.1, -0.05) is 15.9 Å². The Labute approximate surface area is 137 Å². The molecule has 1 N–H and O–H groups in total. The van der Waals surface area contributed by atoms with Gasteiger partial charge in [0.05, 0.1) is 12.2 Å². The predicted octanol–water partition coefficient (Wildman–Crippen LogP) is 2.79. The van der Waals surface area contributed by atoms with Crippen LogP contribution in [-0.2, 0) is 4.74 Å². The SMILES string of the molecule is O=C(O)c1cc(Br)cc(C(=O)N(CC2CCOC2)C2CC2)c1. The van der Waals surface area contributed by atoms with Crippen molar-refractivity contribution in [2.45, 2.75) is 25.3 Å². The normalized spacial score (nSPS) is 20.9. The molecule has 2 aliphatic rings. The van der Waals surface area contributed by atoms with Crippen LogP contribution < -0.4 is 0 Å². The maximum atomic E-state index is 12.8. The molecule has 1 aromatic carbocycles. The fraction of sp³-hybridized carbons (Fsp3) is 0.500. The molecular weight excluding hydrogens is 350 g/mol. The van der Waals surface area contributed by atoms with E-state index in [1.54, 1.807) is 6.07 Å². The quantitative estimate of drug-likeness (QED) is 0.868. The van der Waals surface area contributed by atoms with Crippen LogP contribution in [0.1, 0.15) is 40.0 Å². The molecule has 3 rings (SSSR count). The molecule has 0 bridgehead atoms. The third-order valence-corrected chi connectivity index (χ3v) is 4.58. The van der Waals surface area contributed by atoms with E-state index in [1.165, 1.54) is 12.1 Å². The number of amides is 1. The van der Waals surface area contributed by atoms with E-state index in [0.29, 0.717) is 35.1 Å². The topological polar surface area (TPSA) is 66.8 Å². The molecule has 1 amide bonds. The van der Waals surface area contributed by atoms with Gasteiger partial charge in [-0.05, 0) is 37.5 Å². The summed E-state index contributed by atoms with van der Waals surface area (Å²) in [6, 6.07) is 4.94. The van der Waals surface area contributed by atoms with Crippen molar-refractivity contribution in [3.05, 3.63) is 33.8 Å². The lowest BCUT2D eigenvalue weighted by atomic mass is 10.1. The first kappa shape index (κ1) is 15.5. The molecule has 6 heteroatoms. The summed E-state index contributed by atoms with van der Waals surface area (Å²) in [5, 5.41) is 9.14. The summed E-state index contributed by atoms with van der Waals surface area (Å²) in [7, 11) is 0. The van der Waals surface area contributed by atoms with Crippen molar-refractivity contribution in [2.24, 2.45) is 5.92 Å². The average molecular weight is 368 g/mol. The van der Waals surface area contributed by atoms with Crippen LogP contribution in [0.5, 0.6) is 0 Å². The Kier molecular flexibility index (Phi) is 4.49. The van der Waals surface area contributed by atoms with Gasteiger partial charge in [0, 0.05) is 35.1 Å².